The molecule has 0 saturated carbocycles. The molecule has 120 heavy (non-hydrogen) atoms. The summed E-state index contributed by atoms with van der Waals surface area (Å²) in [6, 6.07) is 43.1. The minimum Gasteiger partial charge on any atom is -0.496 e. The van der Waals surface area contributed by atoms with Crippen LogP contribution in [0.2, 0.25) is 20.1 Å². The molecule has 0 bridgehead atoms. The first kappa shape index (κ1) is 103. The number of benzene rings is 8. The second-order valence-corrected chi connectivity index (χ2v) is 36.7. The highest BCUT2D eigenvalue weighted by molar-refractivity contribution is 8.24. The van der Waals surface area contributed by atoms with Crippen molar-refractivity contribution >= 4 is 165 Å². The molecule has 0 aliphatic carbocycles. The fourth-order valence-electron chi connectivity index (χ4n) is 11.0. The molecule has 0 aliphatic heterocycles. The number of unbranched alkanes of at least 4 members (excludes halogenated alkanes) is 2. The average molecular weight is 1880 g/mol. The zero-order valence-electron chi connectivity index (χ0n) is 65.6. The van der Waals surface area contributed by atoms with Crippen LogP contribution >= 0.6 is 132 Å². The fourth-order valence-corrected chi connectivity index (χ4v) is 14.2. The van der Waals surface area contributed by atoms with E-state index < -0.39 is 28.6 Å². The van der Waals surface area contributed by atoms with Gasteiger partial charge in [0.2, 0.25) is 5.13 Å². The molecule has 0 radical (unpaired) electrons. The van der Waals surface area contributed by atoms with E-state index in [1.807, 2.05) is 11.5 Å². The summed E-state index contributed by atoms with van der Waals surface area (Å²) in [6.07, 6.45) is 4.39. The van der Waals surface area contributed by atoms with Gasteiger partial charge in [-0.1, -0.05) is 131 Å². The Balaban J connectivity index is 0.000000327. The Morgan fingerprint density at radius 1 is 0.500 bits per heavy atom. The van der Waals surface area contributed by atoms with Gasteiger partial charge in [0.15, 0.2) is 5.11 Å². The molecule has 11 rings (SSSR count). The molecule has 0 aliphatic rings. The van der Waals surface area contributed by atoms with Gasteiger partial charge in [-0.25, -0.2) is 23.4 Å². The number of Topliss-reactive ketones (excluding diaryl/α,β-unsaturated/α-hetero) is 2. The number of aliphatic carboxylic acids is 1. The Labute approximate surface area is 744 Å². The summed E-state index contributed by atoms with van der Waals surface area (Å²) >= 11 is 46.0. The summed E-state index contributed by atoms with van der Waals surface area (Å²) in [5.74, 6) is 3.62. The zero-order chi connectivity index (χ0) is 86.6. The lowest BCUT2D eigenvalue weighted by Crippen LogP contribution is -2.34. The summed E-state index contributed by atoms with van der Waals surface area (Å²) in [5.41, 5.74) is 18.0. The molecule has 640 valence electrons. The van der Waals surface area contributed by atoms with Crippen molar-refractivity contribution in [3.8, 4) is 73.6 Å². The average Bonchev–Trinajstić information content (AvgIpc) is 1.12. The van der Waals surface area contributed by atoms with Gasteiger partial charge in [-0.15, -0.1) is 53.3 Å². The standard InChI is InChI=1S/C25H26ClFN2O4S.C23H22ClFN2O4S.C16H13ClFN3OS.C15H11ClFNO.CH5N3S.2CH3.Cl3OP/c1-3-33-23(31)10-5-4-9-19(30)15-22-29-28-21(34-22)14-17-11-12-20(32-2)24(25(17)27)16-7-6-8-18(26)13-16;1-31-18-10-9-15(23(25)22(18)14-5-4-6-16(24)11-14)12-19-26-27-20(32-19)13-17(28)7-2-3-8-21(29)30;1-22-12-6-5-10(8-13-20-21-16(19)23-13)15(18)14(12)9-3-2-4-11(17)7-9;1-19-13-6-5-10(7-8-18)15(17)14(13)11-3-2-4-12(16)9-11;2-1(5)4-3;;;1-5(2,3)4/h6-8,11-13H,3-5,9-10,14-15H2,1-2H3;4-6,9-11H,2-3,7-8,12-13H2,1H3,(H,29,30);2-7H,8H2,1H3,(H2,19,21);2-6,9H,7H2,1H3;3H2,(H3,2,4,5);2*1H3;/q;;;;;2*-1;. The number of nitrogens with zero attached hydrogens (tertiary/aromatic N) is 7. The van der Waals surface area contributed by atoms with Gasteiger partial charge in [0.1, 0.15) is 82.9 Å². The molecule has 8 aromatic carbocycles. The lowest BCUT2D eigenvalue weighted by atomic mass is 9.99. The van der Waals surface area contributed by atoms with Gasteiger partial charge in [-0.3, -0.25) is 23.7 Å². The third-order valence-electron chi connectivity index (χ3n) is 16.2. The Kier molecular flexibility index (Phi) is 45.5. The van der Waals surface area contributed by atoms with Crippen LogP contribution in [-0.4, -0.2) is 99.4 Å². The van der Waals surface area contributed by atoms with Crippen molar-refractivity contribution in [3.63, 3.8) is 0 Å². The number of ether oxygens (including phenoxy) is 5. The third-order valence-corrected chi connectivity index (χ3v) is 19.8. The summed E-state index contributed by atoms with van der Waals surface area (Å²) in [7, 11) is 5.96. The van der Waals surface area contributed by atoms with Crippen LogP contribution in [0, 0.1) is 49.5 Å². The maximum absolute atomic E-state index is 15.5. The maximum Gasteiger partial charge on any atom is 0.339 e. The summed E-state index contributed by atoms with van der Waals surface area (Å²) in [4.78, 5) is 46.2. The number of rotatable bonds is 30. The van der Waals surface area contributed by atoms with Crippen molar-refractivity contribution in [1.29, 1.82) is 5.26 Å². The Bertz CT molecular complexity index is 5330. The maximum atomic E-state index is 15.5. The van der Waals surface area contributed by atoms with E-state index in [9.17, 15) is 28.1 Å². The van der Waals surface area contributed by atoms with Gasteiger partial charge in [-0.2, -0.15) is 5.26 Å². The van der Waals surface area contributed by atoms with Crippen LogP contribution in [0.4, 0.5) is 22.7 Å². The van der Waals surface area contributed by atoms with Gasteiger partial charge >= 0.3 is 17.1 Å². The molecule has 0 atom stereocenters. The number of carbonyl (C=O) groups excluding carboxylic acids is 3. The fraction of sp³-hybridized carbons (Fsp3) is 0.244. The number of halogens is 11. The molecule has 0 fully saturated rings. The molecule has 22 nitrogen and oxygen atoms in total. The number of nitrogen functional groups attached to an aromatic ring is 1. The van der Waals surface area contributed by atoms with Crippen LogP contribution in [0.5, 0.6) is 23.0 Å². The highest BCUT2D eigenvalue weighted by atomic mass is 36.0. The number of anilines is 1. The molecule has 8 N–H and O–H groups in total. The number of carboxylic acid groups (broad SMARTS) is 1. The van der Waals surface area contributed by atoms with Gasteiger partial charge in [-0.05, 0) is 190 Å². The zero-order valence-corrected chi connectivity index (χ0v) is 75.0. The van der Waals surface area contributed by atoms with Crippen LogP contribution in [0.15, 0.2) is 146 Å². The monoisotopic (exact) mass is 1880 g/mol. The number of carboxylic acids is 1. The van der Waals surface area contributed by atoms with E-state index in [1.54, 1.807) is 153 Å². The first-order valence-corrected chi connectivity index (χ1v) is 44.0. The van der Waals surface area contributed by atoms with Crippen molar-refractivity contribution in [1.82, 2.24) is 36.0 Å². The largest absolute Gasteiger partial charge is 0.496 e. The lowest BCUT2D eigenvalue weighted by molar-refractivity contribution is -0.143. The van der Waals surface area contributed by atoms with Crippen molar-refractivity contribution in [2.45, 2.75) is 96.8 Å². The van der Waals surface area contributed by atoms with Crippen LogP contribution in [0.1, 0.15) is 106 Å². The van der Waals surface area contributed by atoms with Crippen LogP contribution in [-0.2, 0) is 67.0 Å². The number of esters is 1. The molecule has 38 heteroatoms. The predicted molar refractivity (Wildman–Crippen MR) is 476 cm³/mol. The number of nitriles is 1. The van der Waals surface area contributed by atoms with E-state index in [4.69, 9.17) is 91.9 Å². The number of nitrogens with two attached hydrogens (primary N) is 3. The topological polar surface area (TPSA) is 343 Å². The van der Waals surface area contributed by atoms with Gasteiger partial charge in [0.05, 0.1) is 82.6 Å². The number of thiocarbonyl (C=S) groups is 1. The molecule has 0 amide bonds. The lowest BCUT2D eigenvalue weighted by Gasteiger charge is -2.13. The van der Waals surface area contributed by atoms with Crippen molar-refractivity contribution < 1.29 is 70.1 Å². The highest BCUT2D eigenvalue weighted by Crippen LogP contribution is 2.61. The molecule has 3 heterocycles. The highest BCUT2D eigenvalue weighted by Gasteiger charge is 2.24. The van der Waals surface area contributed by atoms with Crippen LogP contribution < -0.4 is 41.7 Å². The Hall–Kier alpha value is -9.16. The number of nitrogens with one attached hydrogen (secondary N) is 1. The van der Waals surface area contributed by atoms with E-state index in [2.05, 4.69) is 82.4 Å². The third kappa shape index (κ3) is 34.4. The normalized spacial score (nSPS) is 10.4. The van der Waals surface area contributed by atoms with Gasteiger partial charge < -0.3 is 60.5 Å². The van der Waals surface area contributed by atoms with E-state index in [0.29, 0.717) is 198 Å². The first-order chi connectivity index (χ1) is 56.3. The molecular formula is C82H83Cl7F4N11O11PS4-2. The second kappa shape index (κ2) is 52.9. The van der Waals surface area contributed by atoms with E-state index in [1.165, 1.54) is 62.4 Å². The number of hydrazine groups is 1. The van der Waals surface area contributed by atoms with Crippen LogP contribution in [0.25, 0.3) is 44.5 Å². The Morgan fingerprint density at radius 2 is 0.792 bits per heavy atom. The van der Waals surface area contributed by atoms with Crippen molar-refractivity contribution in [3.05, 3.63) is 251 Å². The minimum absolute atomic E-state index is 0. The number of ketones is 2. The van der Waals surface area contributed by atoms with E-state index in [-0.39, 0.29) is 81.8 Å². The molecule has 0 unspecified atom stereocenters. The summed E-state index contributed by atoms with van der Waals surface area (Å²) < 4.78 is 95.9. The quantitative estimate of drug-likeness (QED) is 0.00408. The van der Waals surface area contributed by atoms with Crippen molar-refractivity contribution in [2.75, 3.05) is 40.8 Å². The number of hydrogen-bond donors (Lipinski definition) is 5. The molecule has 0 spiro atoms. The van der Waals surface area contributed by atoms with E-state index >= 15 is 13.2 Å². The second-order valence-electron chi connectivity index (χ2n) is 24.5. The number of hydrogen-bond acceptors (Lipinski definition) is 23. The predicted octanol–water partition coefficient (Wildman–Crippen LogP) is 22.0. The SMILES string of the molecule is CCOC(=O)CCCCC(=O)Cc1nnc(Cc2ccc(OC)c(-c3cccc(Cl)c3)c2F)s1.COc1ccc(CC#N)c(F)c1-c1cccc(Cl)c1.COc1ccc(Cc2nnc(CC(=O)CCCCC(=O)O)s2)c(F)c1-c1cccc(Cl)c1.COc1ccc(Cc2nnc(N)s2)c(F)c1-c1cccc(Cl)c1.NNC(N)=S.O=P(Cl)(Cl)Cl.[CH3-].[CH3-]. The Morgan fingerprint density at radius 3 is 1.07 bits per heavy atom. The molecule has 11 aromatic rings. The molecule has 0 saturated heterocycles. The molecular weight excluding hydrogens is 1800 g/mol. The van der Waals surface area contributed by atoms with Gasteiger partial charge in [0, 0.05) is 70.6 Å². The number of methoxy groups -OCH3 is 4. The number of carbonyl (C=O) groups is 4. The number of aromatic nitrogens is 6. The smallest absolute Gasteiger partial charge is 0.339 e. The molecule has 3 aromatic heterocycles. The van der Waals surface area contributed by atoms with Crippen LogP contribution in [0.3, 0.4) is 0 Å². The van der Waals surface area contributed by atoms with Crippen molar-refractivity contribution in [2.24, 2.45) is 11.6 Å². The van der Waals surface area contributed by atoms with Gasteiger partial charge in [0.25, 0.3) is 0 Å². The summed E-state index contributed by atoms with van der Waals surface area (Å²) in [6.45, 7) is 2.12. The first-order valence-electron chi connectivity index (χ1n) is 35.2. The van der Waals surface area contributed by atoms with E-state index in [0.717, 1.165) is 0 Å². The minimum atomic E-state index is -3.22. The summed E-state index contributed by atoms with van der Waals surface area (Å²) in [5, 5.41) is 43.8.